The van der Waals surface area contributed by atoms with Gasteiger partial charge in [-0.3, -0.25) is 0 Å². The Kier molecular flexibility index (Phi) is 10.4. The molecule has 0 nitrogen and oxygen atoms in total. The minimum Gasteiger partial charge on any atom is -0.0579 e. The fraction of sp³-hybridized carbons (Fsp3) is 0.429. The SMILES string of the molecule is CC(C)(C)c1ccc(P(CCP(c2ccc(C(C)(C)C)cc2)c2ccc(C(C)(C)C)cc2)c2ccc(C(C)(C)C)cc2)cc1. The van der Waals surface area contributed by atoms with E-state index in [1.165, 1.54) is 55.8 Å². The molecule has 4 aromatic rings. The molecular formula is C42H56P2. The van der Waals surface area contributed by atoms with Crippen LogP contribution in [0, 0.1) is 0 Å². The van der Waals surface area contributed by atoms with Crippen LogP contribution in [0.4, 0.5) is 0 Å². The standard InChI is InChI=1S/C42H56P2/c1-39(2,3)31-13-21-35(22-14-31)43(36-23-15-32(16-24-36)40(4,5)6)29-30-44(37-25-17-33(18-26-37)41(7,8)9)38-27-19-34(20-28-38)42(10,11)12/h13-28H,29-30H2,1-12H3. The molecule has 0 aliphatic carbocycles. The van der Waals surface area contributed by atoms with Gasteiger partial charge in [-0.2, -0.15) is 0 Å². The van der Waals surface area contributed by atoms with Crippen molar-refractivity contribution in [3.63, 3.8) is 0 Å². The molecule has 0 aromatic heterocycles. The molecule has 2 heteroatoms. The van der Waals surface area contributed by atoms with Crippen molar-refractivity contribution in [2.24, 2.45) is 0 Å². The van der Waals surface area contributed by atoms with Crippen molar-refractivity contribution in [2.45, 2.75) is 105 Å². The third-order valence-corrected chi connectivity index (χ3v) is 14.1. The van der Waals surface area contributed by atoms with Gasteiger partial charge in [-0.1, -0.05) is 180 Å². The summed E-state index contributed by atoms with van der Waals surface area (Å²) in [6.07, 6.45) is 2.35. The van der Waals surface area contributed by atoms with Crippen LogP contribution in [0.1, 0.15) is 105 Å². The maximum atomic E-state index is 2.42. The molecule has 0 N–H and O–H groups in total. The Bertz CT molecular complexity index is 1250. The molecule has 44 heavy (non-hydrogen) atoms. The summed E-state index contributed by atoms with van der Waals surface area (Å²) < 4.78 is 0. The lowest BCUT2D eigenvalue weighted by Gasteiger charge is -2.27. The number of hydrogen-bond donors (Lipinski definition) is 0. The summed E-state index contributed by atoms with van der Waals surface area (Å²) in [6, 6.07) is 38.3. The molecule has 0 bridgehead atoms. The van der Waals surface area contributed by atoms with E-state index in [0.717, 1.165) is 0 Å². The maximum Gasteiger partial charge on any atom is -0.0132 e. The lowest BCUT2D eigenvalue weighted by molar-refractivity contribution is 0.590. The molecule has 0 spiro atoms. The minimum absolute atomic E-state index is 0.155. The zero-order valence-electron chi connectivity index (χ0n) is 29.5. The lowest BCUT2D eigenvalue weighted by atomic mass is 9.87. The van der Waals surface area contributed by atoms with Crippen LogP contribution < -0.4 is 21.2 Å². The van der Waals surface area contributed by atoms with E-state index in [1.807, 2.05) is 0 Å². The Balaban J connectivity index is 1.74. The molecule has 4 aromatic carbocycles. The molecule has 0 atom stereocenters. The Morgan fingerprint density at radius 2 is 0.455 bits per heavy atom. The molecule has 0 amide bonds. The number of hydrogen-bond acceptors (Lipinski definition) is 0. The van der Waals surface area contributed by atoms with Gasteiger partial charge < -0.3 is 0 Å². The van der Waals surface area contributed by atoms with Gasteiger partial charge in [0.1, 0.15) is 0 Å². The Morgan fingerprint density at radius 1 is 0.295 bits per heavy atom. The Hall–Kier alpha value is -2.26. The van der Waals surface area contributed by atoms with E-state index >= 15 is 0 Å². The molecule has 0 aliphatic rings. The molecule has 0 saturated carbocycles. The Labute approximate surface area is 272 Å². The van der Waals surface area contributed by atoms with Crippen molar-refractivity contribution in [3.8, 4) is 0 Å². The summed E-state index contributed by atoms with van der Waals surface area (Å²) >= 11 is 0. The van der Waals surface area contributed by atoms with Crippen LogP contribution in [0.15, 0.2) is 97.1 Å². The van der Waals surface area contributed by atoms with Crippen LogP contribution in [0.5, 0.6) is 0 Å². The molecule has 0 aliphatic heterocycles. The van der Waals surface area contributed by atoms with Crippen LogP contribution >= 0.6 is 15.8 Å². The van der Waals surface area contributed by atoms with Crippen LogP contribution in [-0.4, -0.2) is 12.3 Å². The minimum atomic E-state index is -0.494. The van der Waals surface area contributed by atoms with Gasteiger partial charge in [0.25, 0.3) is 0 Å². The molecule has 0 radical (unpaired) electrons. The number of rotatable bonds is 7. The quantitative estimate of drug-likeness (QED) is 0.180. The highest BCUT2D eigenvalue weighted by atomic mass is 31.1. The van der Waals surface area contributed by atoms with Crippen molar-refractivity contribution in [1.82, 2.24) is 0 Å². The summed E-state index contributed by atoms with van der Waals surface area (Å²) in [4.78, 5) is 0. The molecule has 4 rings (SSSR count). The van der Waals surface area contributed by atoms with Crippen LogP contribution in [0.2, 0.25) is 0 Å². The summed E-state index contributed by atoms with van der Waals surface area (Å²) in [5, 5.41) is 5.94. The fourth-order valence-electron chi connectivity index (χ4n) is 5.58. The maximum absolute atomic E-state index is 2.42. The smallest absolute Gasteiger partial charge is 0.0132 e. The summed E-state index contributed by atoms with van der Waals surface area (Å²) in [5.74, 6) is 0. The van der Waals surface area contributed by atoms with Crippen molar-refractivity contribution < 1.29 is 0 Å². The van der Waals surface area contributed by atoms with Crippen molar-refractivity contribution in [1.29, 1.82) is 0 Å². The average molecular weight is 623 g/mol. The second-order valence-corrected chi connectivity index (χ2v) is 21.2. The molecule has 0 saturated heterocycles. The molecule has 0 unspecified atom stereocenters. The Morgan fingerprint density at radius 3 is 0.591 bits per heavy atom. The van der Waals surface area contributed by atoms with E-state index in [2.05, 4.69) is 180 Å². The van der Waals surface area contributed by atoms with Crippen molar-refractivity contribution in [3.05, 3.63) is 119 Å². The van der Waals surface area contributed by atoms with Gasteiger partial charge in [0.05, 0.1) is 0 Å². The predicted octanol–water partition coefficient (Wildman–Crippen LogP) is 10.4. The number of benzene rings is 4. The van der Waals surface area contributed by atoms with Gasteiger partial charge in [-0.05, 0) is 93.3 Å². The van der Waals surface area contributed by atoms with Crippen LogP contribution in [0.3, 0.4) is 0 Å². The second-order valence-electron chi connectivity index (χ2n) is 16.5. The largest absolute Gasteiger partial charge is 0.0579 e. The van der Waals surface area contributed by atoms with Crippen LogP contribution in [-0.2, 0) is 21.7 Å². The first-order valence-electron chi connectivity index (χ1n) is 16.3. The zero-order valence-corrected chi connectivity index (χ0v) is 31.3. The van der Waals surface area contributed by atoms with Gasteiger partial charge in [0.15, 0.2) is 0 Å². The van der Waals surface area contributed by atoms with E-state index in [4.69, 9.17) is 0 Å². The first-order chi connectivity index (χ1) is 20.3. The average Bonchev–Trinajstić information content (AvgIpc) is 2.94. The molecule has 0 heterocycles. The van der Waals surface area contributed by atoms with Gasteiger partial charge in [0, 0.05) is 0 Å². The summed E-state index contributed by atoms with van der Waals surface area (Å²) in [5.41, 5.74) is 6.23. The summed E-state index contributed by atoms with van der Waals surface area (Å²) in [7, 11) is -0.988. The van der Waals surface area contributed by atoms with E-state index in [-0.39, 0.29) is 21.7 Å². The lowest BCUT2D eigenvalue weighted by Crippen LogP contribution is -2.22. The van der Waals surface area contributed by atoms with E-state index in [1.54, 1.807) is 0 Å². The monoisotopic (exact) mass is 622 g/mol. The van der Waals surface area contributed by atoms with Gasteiger partial charge in [0.2, 0.25) is 0 Å². The highest BCUT2D eigenvalue weighted by molar-refractivity contribution is 7.76. The molecule has 234 valence electrons. The topological polar surface area (TPSA) is 0 Å². The van der Waals surface area contributed by atoms with E-state index < -0.39 is 15.8 Å². The molecular weight excluding hydrogens is 566 g/mol. The van der Waals surface area contributed by atoms with Crippen LogP contribution in [0.25, 0.3) is 0 Å². The third-order valence-electron chi connectivity index (χ3n) is 8.73. The van der Waals surface area contributed by atoms with Crippen molar-refractivity contribution in [2.75, 3.05) is 12.3 Å². The van der Waals surface area contributed by atoms with E-state index in [0.29, 0.717) is 0 Å². The first kappa shape index (κ1) is 34.6. The van der Waals surface area contributed by atoms with E-state index in [9.17, 15) is 0 Å². The van der Waals surface area contributed by atoms with Gasteiger partial charge in [-0.15, -0.1) is 0 Å². The van der Waals surface area contributed by atoms with Gasteiger partial charge >= 0.3 is 0 Å². The summed E-state index contributed by atoms with van der Waals surface area (Å²) in [6.45, 7) is 27.7. The third kappa shape index (κ3) is 8.71. The molecule has 0 fully saturated rings. The first-order valence-corrected chi connectivity index (χ1v) is 19.4. The highest BCUT2D eigenvalue weighted by Gasteiger charge is 2.23. The van der Waals surface area contributed by atoms with Gasteiger partial charge in [-0.25, -0.2) is 0 Å². The normalized spacial score (nSPS) is 13.1. The second kappa shape index (κ2) is 13.2. The highest BCUT2D eigenvalue weighted by Crippen LogP contribution is 2.42. The predicted molar refractivity (Wildman–Crippen MR) is 203 cm³/mol. The fourth-order valence-corrected chi connectivity index (χ4v) is 10.8. The zero-order chi connectivity index (χ0) is 32.5. The van der Waals surface area contributed by atoms with Crippen molar-refractivity contribution >= 4 is 37.1 Å².